The van der Waals surface area contributed by atoms with Gasteiger partial charge < -0.3 is 8.85 Å². The van der Waals surface area contributed by atoms with Crippen LogP contribution in [0.25, 0.3) is 0 Å². The molecule has 0 aromatic heterocycles. The van der Waals surface area contributed by atoms with E-state index in [1.165, 1.54) is 6.20 Å². The molecule has 0 bridgehead atoms. The molecule has 1 aliphatic rings. The van der Waals surface area contributed by atoms with Crippen molar-refractivity contribution in [3.05, 3.63) is 47.5 Å². The third-order valence-corrected chi connectivity index (χ3v) is 18.3. The summed E-state index contributed by atoms with van der Waals surface area (Å²) in [5, 5.41) is -0.0826. The monoisotopic (exact) mass is 530 g/mol. The number of carbonyl (C=O) groups excluding carboxylic acids is 2. The fraction of sp³-hybridized carbons (Fsp3) is 0.607. The number of rotatable bonds is 10. The highest BCUT2D eigenvalue weighted by molar-refractivity contribution is 6.77. The highest BCUT2D eigenvalue weighted by Gasteiger charge is 2.46. The van der Waals surface area contributed by atoms with Gasteiger partial charge in [0.2, 0.25) is 14.2 Å². The zero-order chi connectivity index (χ0) is 27.6. The molecule has 200 valence electrons. The van der Waals surface area contributed by atoms with Crippen molar-refractivity contribution in [1.29, 1.82) is 0 Å². The Morgan fingerprint density at radius 1 is 0.889 bits per heavy atom. The Morgan fingerprint density at radius 3 is 1.72 bits per heavy atom. The maximum Gasteiger partial charge on any atom is 0.265 e. The van der Waals surface area contributed by atoms with Crippen LogP contribution in [0.4, 0.5) is 0 Å². The number of nitrogens with zero attached hydrogens (tertiary/aromatic N) is 2. The number of aliphatic imine (C=N–C) groups is 1. The summed E-state index contributed by atoms with van der Waals surface area (Å²) in [5.41, 5.74) is 2.14. The van der Waals surface area contributed by atoms with Crippen LogP contribution in [0.1, 0.15) is 90.0 Å². The number of amides is 2. The summed E-state index contributed by atoms with van der Waals surface area (Å²) in [6.45, 7) is 26.2. The second-order valence-corrected chi connectivity index (χ2v) is 22.4. The number of carbonyl (C=O) groups is 2. The van der Waals surface area contributed by atoms with E-state index in [1.54, 1.807) is 30.5 Å². The largest absolute Gasteiger partial charge is 0.530 e. The zero-order valence-corrected chi connectivity index (χ0v) is 26.3. The van der Waals surface area contributed by atoms with Crippen molar-refractivity contribution >= 4 is 34.7 Å². The molecule has 36 heavy (non-hydrogen) atoms. The van der Waals surface area contributed by atoms with Crippen molar-refractivity contribution < 1.29 is 18.4 Å². The first-order chi connectivity index (χ1) is 16.5. The first kappa shape index (κ1) is 30.2. The van der Waals surface area contributed by atoms with Gasteiger partial charge in [0.05, 0.1) is 23.4 Å². The molecule has 0 saturated carbocycles. The maximum absolute atomic E-state index is 13.0. The van der Waals surface area contributed by atoms with Crippen molar-refractivity contribution in [3.8, 4) is 0 Å². The van der Waals surface area contributed by atoms with Crippen molar-refractivity contribution in [3.63, 3.8) is 0 Å². The number of fused-ring (bicyclic) bond motifs is 1. The van der Waals surface area contributed by atoms with Gasteiger partial charge >= 0.3 is 0 Å². The third-order valence-electron chi connectivity index (χ3n) is 7.74. The van der Waals surface area contributed by atoms with Gasteiger partial charge in [-0.05, 0) is 53.8 Å². The molecular weight excluding hydrogens is 484 g/mol. The summed E-state index contributed by atoms with van der Waals surface area (Å²) >= 11 is 0. The summed E-state index contributed by atoms with van der Waals surface area (Å²) in [4.78, 5) is 31.8. The van der Waals surface area contributed by atoms with Crippen LogP contribution in [0.15, 0.2) is 41.3 Å². The van der Waals surface area contributed by atoms with Crippen molar-refractivity contribution in [2.75, 3.05) is 0 Å². The van der Waals surface area contributed by atoms with Gasteiger partial charge in [-0.3, -0.25) is 9.59 Å². The topological polar surface area (TPSA) is 68.2 Å². The van der Waals surface area contributed by atoms with Crippen LogP contribution in [0.2, 0.25) is 34.8 Å². The van der Waals surface area contributed by atoms with E-state index in [4.69, 9.17) is 8.85 Å². The molecular formula is C28H46N2O4Si2. The highest BCUT2D eigenvalue weighted by atomic mass is 28.4. The maximum atomic E-state index is 13.0. The summed E-state index contributed by atoms with van der Waals surface area (Å²) < 4.78 is 13.3. The lowest BCUT2D eigenvalue weighted by atomic mass is 10.1. The van der Waals surface area contributed by atoms with Crippen molar-refractivity contribution in [2.24, 2.45) is 4.99 Å². The molecule has 1 heterocycles. The minimum absolute atomic E-state index is 0.0826. The Balaban J connectivity index is 2.44. The summed E-state index contributed by atoms with van der Waals surface area (Å²) in [6.07, 6.45) is 2.97. The predicted molar refractivity (Wildman–Crippen MR) is 153 cm³/mol. The third kappa shape index (κ3) is 6.09. The minimum Gasteiger partial charge on any atom is -0.530 e. The predicted octanol–water partition coefficient (Wildman–Crippen LogP) is 7.75. The van der Waals surface area contributed by atoms with Gasteiger partial charge in [0, 0.05) is 6.21 Å². The van der Waals surface area contributed by atoms with Crippen LogP contribution in [0, 0.1) is 0 Å². The van der Waals surface area contributed by atoms with E-state index < -0.39 is 16.6 Å². The lowest BCUT2D eigenvalue weighted by Gasteiger charge is -2.43. The van der Waals surface area contributed by atoms with E-state index in [9.17, 15) is 9.59 Å². The Kier molecular flexibility index (Phi) is 9.35. The normalized spacial score (nSPS) is 16.6. The molecule has 1 aromatic rings. The molecule has 2 amide bonds. The Morgan fingerprint density at radius 2 is 1.33 bits per heavy atom. The van der Waals surface area contributed by atoms with Crippen LogP contribution in [0.5, 0.6) is 0 Å². The van der Waals surface area contributed by atoms with Crippen molar-refractivity contribution in [1.82, 2.24) is 4.90 Å². The highest BCUT2D eigenvalue weighted by Crippen LogP contribution is 2.43. The van der Waals surface area contributed by atoms with E-state index >= 15 is 0 Å². The van der Waals surface area contributed by atoms with Crippen LogP contribution in [0.3, 0.4) is 0 Å². The quantitative estimate of drug-likeness (QED) is 0.134. The van der Waals surface area contributed by atoms with Gasteiger partial charge in [-0.1, -0.05) is 74.4 Å². The fourth-order valence-corrected chi connectivity index (χ4v) is 11.3. The Bertz CT molecular complexity index is 966. The molecule has 8 heteroatoms. The van der Waals surface area contributed by atoms with Crippen LogP contribution in [-0.2, 0) is 8.85 Å². The van der Waals surface area contributed by atoms with Gasteiger partial charge in [-0.2, -0.15) is 0 Å². The molecule has 0 fully saturated rings. The molecule has 1 aromatic carbocycles. The second kappa shape index (κ2) is 11.1. The Labute approximate surface area is 220 Å². The molecule has 0 unspecified atom stereocenters. The average Bonchev–Trinajstić information content (AvgIpc) is 2.99. The molecule has 0 radical (unpaired) electrons. The molecule has 1 atom stereocenters. The molecule has 2 rings (SSSR count). The van der Waals surface area contributed by atoms with Gasteiger partial charge in [0.15, 0.2) is 0 Å². The van der Waals surface area contributed by atoms with Crippen LogP contribution in [-0.4, -0.2) is 45.7 Å². The zero-order valence-electron chi connectivity index (χ0n) is 24.3. The average molecular weight is 531 g/mol. The Hall–Kier alpha value is -2.04. The van der Waals surface area contributed by atoms with E-state index in [0.717, 1.165) is 4.90 Å². The lowest BCUT2D eigenvalue weighted by Crippen LogP contribution is -2.50. The number of imide groups is 1. The van der Waals surface area contributed by atoms with Gasteiger partial charge in [-0.25, -0.2) is 9.89 Å². The number of benzene rings is 1. The van der Waals surface area contributed by atoms with E-state index in [2.05, 4.69) is 80.4 Å². The van der Waals surface area contributed by atoms with E-state index in [-0.39, 0.29) is 28.8 Å². The van der Waals surface area contributed by atoms with Crippen molar-refractivity contribution in [2.45, 2.75) is 110 Å². The SMILES string of the molecule is CC(C)[Si](O[C@@H](C)/C=N/C(=C/N1C(=O)c2ccccc2C1=O)O[Si](C)(C)C(C)(C)C)(C(C)C)C(C)C. The van der Waals surface area contributed by atoms with Crippen LogP contribution < -0.4 is 0 Å². The molecule has 6 nitrogen and oxygen atoms in total. The fourth-order valence-electron chi connectivity index (χ4n) is 4.88. The first-order valence-electron chi connectivity index (χ1n) is 13.1. The second-order valence-electron chi connectivity index (χ2n) is 12.3. The van der Waals surface area contributed by atoms with E-state index in [0.29, 0.717) is 27.8 Å². The smallest absolute Gasteiger partial charge is 0.265 e. The summed E-state index contributed by atoms with van der Waals surface area (Å²) in [7, 11) is -4.40. The molecule has 1 aliphatic heterocycles. The first-order valence-corrected chi connectivity index (χ1v) is 18.1. The minimum atomic E-state index is -2.30. The van der Waals surface area contributed by atoms with Gasteiger partial charge in [0.25, 0.3) is 20.1 Å². The van der Waals surface area contributed by atoms with E-state index in [1.807, 2.05) is 6.92 Å². The molecule has 0 spiro atoms. The lowest BCUT2D eigenvalue weighted by molar-refractivity contribution is 0.0716. The molecule has 0 N–H and O–H groups in total. The summed E-state index contributed by atoms with van der Waals surface area (Å²) in [5.74, 6) is -0.466. The van der Waals surface area contributed by atoms with Crippen LogP contribution >= 0.6 is 0 Å². The molecule has 0 aliphatic carbocycles. The standard InChI is InChI=1S/C28H46N2O4Si2/c1-19(2)36(20(3)4,21(5)6)33-22(7)17-29-25(34-35(11,12)28(8,9)10)18-30-26(31)23-15-13-14-16-24(23)27(30)32/h13-22H,1-12H3/b25-18-,29-17+/t22-/m0/s1. The van der Waals surface area contributed by atoms with Gasteiger partial charge in [0.1, 0.15) is 0 Å². The number of hydrogen-bond donors (Lipinski definition) is 0. The summed E-state index contributed by atoms with van der Waals surface area (Å²) in [6, 6.07) is 6.86. The molecule has 0 saturated heterocycles. The number of hydrogen-bond acceptors (Lipinski definition) is 5. The van der Waals surface area contributed by atoms with Gasteiger partial charge in [-0.15, -0.1) is 0 Å².